The van der Waals surface area contributed by atoms with E-state index in [1.54, 1.807) is 7.05 Å². The number of halogens is 1. The molecule has 5 nitrogen and oxygen atoms in total. The summed E-state index contributed by atoms with van der Waals surface area (Å²) >= 11 is 6.16. The maximum atomic E-state index is 6.16. The predicted octanol–water partition coefficient (Wildman–Crippen LogP) is 2.67. The summed E-state index contributed by atoms with van der Waals surface area (Å²) in [5, 5.41) is 7.30. The quantitative estimate of drug-likeness (QED) is 0.653. The normalized spacial score (nSPS) is 11.2. The SMILES string of the molecule is CN=C(NCc1ccnc(N(C)C)c1)NCc1ccccc1Cl. The first-order valence-corrected chi connectivity index (χ1v) is 7.78. The molecular formula is C17H22ClN5. The monoisotopic (exact) mass is 331 g/mol. The number of anilines is 1. The second-order valence-corrected chi connectivity index (χ2v) is 5.69. The molecule has 0 spiro atoms. The van der Waals surface area contributed by atoms with E-state index in [4.69, 9.17) is 11.6 Å². The lowest BCUT2D eigenvalue weighted by Crippen LogP contribution is -2.36. The molecule has 0 aliphatic heterocycles. The van der Waals surface area contributed by atoms with Crippen molar-refractivity contribution in [2.45, 2.75) is 13.1 Å². The van der Waals surface area contributed by atoms with Crippen LogP contribution < -0.4 is 15.5 Å². The molecule has 2 aromatic rings. The van der Waals surface area contributed by atoms with Gasteiger partial charge in [-0.3, -0.25) is 4.99 Å². The number of nitrogens with zero attached hydrogens (tertiary/aromatic N) is 3. The second kappa shape index (κ2) is 8.39. The van der Waals surface area contributed by atoms with Crippen LogP contribution in [0.25, 0.3) is 0 Å². The summed E-state index contributed by atoms with van der Waals surface area (Å²) < 4.78 is 0. The number of guanidine groups is 1. The van der Waals surface area contributed by atoms with Crippen LogP contribution in [0.3, 0.4) is 0 Å². The lowest BCUT2D eigenvalue weighted by atomic mass is 10.2. The molecule has 0 amide bonds. The molecular weight excluding hydrogens is 310 g/mol. The van der Waals surface area contributed by atoms with E-state index in [1.165, 1.54) is 0 Å². The van der Waals surface area contributed by atoms with E-state index >= 15 is 0 Å². The van der Waals surface area contributed by atoms with Crippen LogP contribution in [-0.2, 0) is 13.1 Å². The first kappa shape index (κ1) is 17.1. The first-order chi connectivity index (χ1) is 11.1. The van der Waals surface area contributed by atoms with Crippen LogP contribution in [0.2, 0.25) is 5.02 Å². The largest absolute Gasteiger partial charge is 0.363 e. The van der Waals surface area contributed by atoms with Crippen molar-refractivity contribution < 1.29 is 0 Å². The number of nitrogens with one attached hydrogen (secondary N) is 2. The molecule has 6 heteroatoms. The molecule has 0 saturated carbocycles. The smallest absolute Gasteiger partial charge is 0.191 e. The molecule has 1 aromatic heterocycles. The highest BCUT2D eigenvalue weighted by Crippen LogP contribution is 2.14. The van der Waals surface area contributed by atoms with E-state index in [0.29, 0.717) is 13.1 Å². The molecule has 0 fully saturated rings. The third-order valence-corrected chi connectivity index (χ3v) is 3.72. The molecule has 0 aliphatic carbocycles. The molecule has 0 radical (unpaired) electrons. The predicted molar refractivity (Wildman–Crippen MR) is 97.1 cm³/mol. The lowest BCUT2D eigenvalue weighted by molar-refractivity contribution is 0.808. The highest BCUT2D eigenvalue weighted by atomic mass is 35.5. The van der Waals surface area contributed by atoms with Gasteiger partial charge in [0.1, 0.15) is 5.82 Å². The second-order valence-electron chi connectivity index (χ2n) is 5.29. The van der Waals surface area contributed by atoms with Gasteiger partial charge < -0.3 is 15.5 Å². The first-order valence-electron chi connectivity index (χ1n) is 7.40. The standard InChI is InChI=1S/C17H22ClN5/c1-19-17(22-12-14-6-4-5-7-15(14)18)21-11-13-8-9-20-16(10-13)23(2)3/h4-10H,11-12H2,1-3H3,(H2,19,21,22). The van der Waals surface area contributed by atoms with Gasteiger partial charge in [-0.05, 0) is 29.3 Å². The van der Waals surface area contributed by atoms with Crippen LogP contribution in [0, 0.1) is 0 Å². The fourth-order valence-electron chi connectivity index (χ4n) is 2.04. The van der Waals surface area contributed by atoms with Crippen molar-refractivity contribution in [2.24, 2.45) is 4.99 Å². The highest BCUT2D eigenvalue weighted by molar-refractivity contribution is 6.31. The Kier molecular flexibility index (Phi) is 6.23. The van der Waals surface area contributed by atoms with E-state index in [2.05, 4.69) is 20.6 Å². The molecule has 0 saturated heterocycles. The zero-order valence-electron chi connectivity index (χ0n) is 13.7. The maximum absolute atomic E-state index is 6.16. The van der Waals surface area contributed by atoms with E-state index in [0.717, 1.165) is 27.9 Å². The van der Waals surface area contributed by atoms with Crippen LogP contribution in [0.5, 0.6) is 0 Å². The minimum absolute atomic E-state index is 0.624. The Balaban J connectivity index is 1.91. The number of hydrogen-bond donors (Lipinski definition) is 2. The van der Waals surface area contributed by atoms with Crippen LogP contribution in [0.4, 0.5) is 5.82 Å². The average molecular weight is 332 g/mol. The van der Waals surface area contributed by atoms with Gasteiger partial charge in [0.25, 0.3) is 0 Å². The summed E-state index contributed by atoms with van der Waals surface area (Å²) in [6, 6.07) is 11.8. The number of hydrogen-bond acceptors (Lipinski definition) is 3. The Morgan fingerprint density at radius 2 is 1.91 bits per heavy atom. The lowest BCUT2D eigenvalue weighted by Gasteiger charge is -2.14. The summed E-state index contributed by atoms with van der Waals surface area (Å²) in [6.07, 6.45) is 1.81. The van der Waals surface area contributed by atoms with Gasteiger partial charge in [0.05, 0.1) is 0 Å². The molecule has 122 valence electrons. The van der Waals surface area contributed by atoms with Gasteiger partial charge in [0, 0.05) is 45.5 Å². The number of aliphatic imine (C=N–C) groups is 1. The number of rotatable bonds is 5. The van der Waals surface area contributed by atoms with Gasteiger partial charge in [-0.2, -0.15) is 0 Å². The van der Waals surface area contributed by atoms with Crippen LogP contribution in [-0.4, -0.2) is 32.1 Å². The third kappa shape index (κ3) is 5.14. The van der Waals surface area contributed by atoms with Gasteiger partial charge in [-0.25, -0.2) is 4.98 Å². The van der Waals surface area contributed by atoms with Gasteiger partial charge >= 0.3 is 0 Å². The minimum atomic E-state index is 0.624. The number of aromatic nitrogens is 1. The van der Waals surface area contributed by atoms with Crippen molar-refractivity contribution >= 4 is 23.4 Å². The Bertz CT molecular complexity index is 670. The van der Waals surface area contributed by atoms with Crippen LogP contribution in [0.1, 0.15) is 11.1 Å². The molecule has 0 atom stereocenters. The Labute approximate surface area is 142 Å². The molecule has 2 N–H and O–H groups in total. The van der Waals surface area contributed by atoms with E-state index in [-0.39, 0.29) is 0 Å². The van der Waals surface area contributed by atoms with Gasteiger partial charge in [0.2, 0.25) is 0 Å². The van der Waals surface area contributed by atoms with Crippen molar-refractivity contribution in [2.75, 3.05) is 26.0 Å². The fourth-order valence-corrected chi connectivity index (χ4v) is 2.24. The Hall–Kier alpha value is -2.27. The summed E-state index contributed by atoms with van der Waals surface area (Å²) in [7, 11) is 5.70. The maximum Gasteiger partial charge on any atom is 0.191 e. The van der Waals surface area contributed by atoms with Crippen molar-refractivity contribution in [1.82, 2.24) is 15.6 Å². The molecule has 0 bridgehead atoms. The zero-order valence-corrected chi connectivity index (χ0v) is 14.4. The molecule has 0 aliphatic rings. The molecule has 2 rings (SSSR count). The topological polar surface area (TPSA) is 52.6 Å². The number of benzene rings is 1. The van der Waals surface area contributed by atoms with Crippen molar-refractivity contribution in [3.8, 4) is 0 Å². The van der Waals surface area contributed by atoms with Crippen molar-refractivity contribution in [1.29, 1.82) is 0 Å². The minimum Gasteiger partial charge on any atom is -0.363 e. The van der Waals surface area contributed by atoms with E-state index < -0.39 is 0 Å². The summed E-state index contributed by atoms with van der Waals surface area (Å²) in [5.41, 5.74) is 2.18. The Morgan fingerprint density at radius 1 is 1.17 bits per heavy atom. The summed E-state index contributed by atoms with van der Waals surface area (Å²) in [6.45, 7) is 1.30. The number of pyridine rings is 1. The van der Waals surface area contributed by atoms with Gasteiger partial charge in [0.15, 0.2) is 5.96 Å². The molecule has 1 heterocycles. The molecule has 1 aromatic carbocycles. The Morgan fingerprint density at radius 3 is 2.61 bits per heavy atom. The van der Waals surface area contributed by atoms with Crippen molar-refractivity contribution in [3.63, 3.8) is 0 Å². The van der Waals surface area contributed by atoms with E-state index in [9.17, 15) is 0 Å². The third-order valence-electron chi connectivity index (χ3n) is 3.36. The van der Waals surface area contributed by atoms with Crippen LogP contribution >= 0.6 is 11.6 Å². The highest BCUT2D eigenvalue weighted by Gasteiger charge is 2.03. The molecule has 23 heavy (non-hydrogen) atoms. The van der Waals surface area contributed by atoms with Crippen LogP contribution in [0.15, 0.2) is 47.6 Å². The summed E-state index contributed by atoms with van der Waals surface area (Å²) in [5.74, 6) is 1.66. The fraction of sp³-hybridized carbons (Fsp3) is 0.294. The van der Waals surface area contributed by atoms with Gasteiger partial charge in [-0.15, -0.1) is 0 Å². The molecule has 0 unspecified atom stereocenters. The van der Waals surface area contributed by atoms with E-state index in [1.807, 2.05) is 61.6 Å². The summed E-state index contributed by atoms with van der Waals surface area (Å²) in [4.78, 5) is 10.5. The van der Waals surface area contributed by atoms with Crippen molar-refractivity contribution in [3.05, 3.63) is 58.7 Å². The zero-order chi connectivity index (χ0) is 16.7. The average Bonchev–Trinajstić information content (AvgIpc) is 2.56. The van der Waals surface area contributed by atoms with Gasteiger partial charge in [-0.1, -0.05) is 29.8 Å².